The van der Waals surface area contributed by atoms with Crippen molar-refractivity contribution in [1.29, 1.82) is 0 Å². The second-order valence-electron chi connectivity index (χ2n) is 5.60. The number of halogens is 1. The quantitative estimate of drug-likeness (QED) is 0.179. The molecule has 2 rings (SSSR count). The van der Waals surface area contributed by atoms with Gasteiger partial charge < -0.3 is 9.64 Å². The first kappa shape index (κ1) is 21.0. The van der Waals surface area contributed by atoms with Crippen LogP contribution in [0, 0.1) is 10.1 Å². The van der Waals surface area contributed by atoms with Crippen LogP contribution in [-0.2, 0) is 9.53 Å². The Morgan fingerprint density at radius 2 is 2.00 bits per heavy atom. The number of rotatable bonds is 9. The minimum Gasteiger partial charge on any atom is -0.435 e. The predicted molar refractivity (Wildman–Crippen MR) is 108 cm³/mol. The van der Waals surface area contributed by atoms with Gasteiger partial charge in [-0.05, 0) is 37.3 Å². The molecular formula is C19H19ClN4O4. The van der Waals surface area contributed by atoms with Crippen molar-refractivity contribution >= 4 is 40.3 Å². The summed E-state index contributed by atoms with van der Waals surface area (Å²) in [6, 6.07) is 11.3. The lowest BCUT2D eigenvalue weighted by Gasteiger charge is -2.22. The molecule has 28 heavy (non-hydrogen) atoms. The van der Waals surface area contributed by atoms with Crippen LogP contribution < -0.4 is 4.90 Å². The minimum atomic E-state index is -0.526. The number of hydrogen-bond donors (Lipinski definition) is 0. The zero-order valence-electron chi connectivity index (χ0n) is 15.2. The van der Waals surface area contributed by atoms with Gasteiger partial charge in [-0.25, -0.2) is 0 Å². The van der Waals surface area contributed by atoms with E-state index in [0.717, 1.165) is 18.5 Å². The van der Waals surface area contributed by atoms with E-state index in [0.29, 0.717) is 17.9 Å². The molecule has 0 fully saturated rings. The first-order chi connectivity index (χ1) is 13.4. The van der Waals surface area contributed by atoms with Crippen molar-refractivity contribution in [3.8, 4) is 0 Å². The summed E-state index contributed by atoms with van der Waals surface area (Å²) in [5.41, 5.74) is 1.76. The molecule has 0 radical (unpaired) electrons. The molecule has 0 heterocycles. The van der Waals surface area contributed by atoms with E-state index < -0.39 is 4.92 Å². The second kappa shape index (κ2) is 10.2. The topological polar surface area (TPSA) is 97.4 Å². The van der Waals surface area contributed by atoms with Gasteiger partial charge in [0.1, 0.15) is 5.69 Å². The molecule has 0 atom stereocenters. The van der Waals surface area contributed by atoms with Gasteiger partial charge >= 0.3 is 5.97 Å². The fourth-order valence-corrected chi connectivity index (χ4v) is 2.59. The third-order valence-electron chi connectivity index (χ3n) is 3.81. The van der Waals surface area contributed by atoms with Crippen molar-refractivity contribution in [1.82, 2.24) is 0 Å². The number of non-ortho nitro benzene ring substituents is 1. The Kier molecular flexibility index (Phi) is 7.65. The molecule has 0 unspecified atom stereocenters. The highest BCUT2D eigenvalue weighted by Gasteiger charge is 2.10. The van der Waals surface area contributed by atoms with Crippen LogP contribution in [0.2, 0.25) is 5.02 Å². The zero-order chi connectivity index (χ0) is 20.5. The van der Waals surface area contributed by atoms with Gasteiger partial charge in [0.05, 0.1) is 28.3 Å². The summed E-state index contributed by atoms with van der Waals surface area (Å²) < 4.78 is 4.72. The van der Waals surface area contributed by atoms with Gasteiger partial charge in [-0.1, -0.05) is 18.2 Å². The molecule has 2 aromatic carbocycles. The molecule has 0 spiro atoms. The maximum atomic E-state index is 11.5. The van der Waals surface area contributed by atoms with Gasteiger partial charge in [0.2, 0.25) is 0 Å². The van der Waals surface area contributed by atoms with Crippen molar-refractivity contribution < 1.29 is 14.5 Å². The number of nitro groups is 1. The molecule has 0 aliphatic carbocycles. The monoisotopic (exact) mass is 402 g/mol. The Bertz CT molecular complexity index is 884. The van der Waals surface area contributed by atoms with Gasteiger partial charge in [0, 0.05) is 30.9 Å². The number of esters is 1. The number of ether oxygens (including phenoxy) is 1. The van der Waals surface area contributed by atoms with Crippen molar-refractivity contribution in [2.24, 2.45) is 10.2 Å². The normalized spacial score (nSPS) is 10.6. The summed E-state index contributed by atoms with van der Waals surface area (Å²) in [5.74, 6) is -0.334. The van der Waals surface area contributed by atoms with Gasteiger partial charge in [0.25, 0.3) is 5.69 Å². The molecule has 0 bridgehead atoms. The van der Waals surface area contributed by atoms with Crippen molar-refractivity contribution in [2.45, 2.75) is 13.3 Å². The van der Waals surface area contributed by atoms with E-state index in [1.54, 1.807) is 12.1 Å². The van der Waals surface area contributed by atoms with E-state index in [2.05, 4.69) is 16.8 Å². The maximum Gasteiger partial charge on any atom is 0.312 e. The van der Waals surface area contributed by atoms with E-state index in [4.69, 9.17) is 16.3 Å². The largest absolute Gasteiger partial charge is 0.435 e. The molecule has 0 aliphatic heterocycles. The fourth-order valence-electron chi connectivity index (χ4n) is 2.38. The smallest absolute Gasteiger partial charge is 0.312 e. The summed E-state index contributed by atoms with van der Waals surface area (Å²) in [6.45, 7) is 6.59. The van der Waals surface area contributed by atoms with E-state index in [9.17, 15) is 14.9 Å². The van der Waals surface area contributed by atoms with Gasteiger partial charge in [0.15, 0.2) is 0 Å². The lowest BCUT2D eigenvalue weighted by molar-refractivity contribution is -0.384. The van der Waals surface area contributed by atoms with Crippen LogP contribution in [-0.4, -0.2) is 24.0 Å². The van der Waals surface area contributed by atoms with E-state index in [-0.39, 0.29) is 23.1 Å². The molecule has 0 aliphatic rings. The molecule has 0 saturated carbocycles. The van der Waals surface area contributed by atoms with Crippen LogP contribution in [0.3, 0.4) is 0 Å². The number of nitrogens with zero attached hydrogens (tertiary/aromatic N) is 4. The Morgan fingerprint density at radius 1 is 1.29 bits per heavy atom. The first-order valence-corrected chi connectivity index (χ1v) is 8.83. The first-order valence-electron chi connectivity index (χ1n) is 8.45. The number of nitro benzene ring substituents is 1. The van der Waals surface area contributed by atoms with Crippen LogP contribution in [0.4, 0.5) is 22.7 Å². The van der Waals surface area contributed by atoms with Crippen molar-refractivity contribution in [3.05, 3.63) is 70.4 Å². The highest BCUT2D eigenvalue weighted by molar-refractivity contribution is 6.33. The molecule has 0 saturated heterocycles. The molecule has 0 N–H and O–H groups in total. The number of azo groups is 1. The van der Waals surface area contributed by atoms with Crippen LogP contribution >= 0.6 is 11.6 Å². The van der Waals surface area contributed by atoms with E-state index in [1.807, 2.05) is 24.0 Å². The molecule has 0 aromatic heterocycles. The third kappa shape index (κ3) is 5.88. The van der Waals surface area contributed by atoms with Crippen LogP contribution in [0.25, 0.3) is 0 Å². The third-order valence-corrected chi connectivity index (χ3v) is 4.12. The molecule has 146 valence electrons. The SMILES string of the molecule is C=COC(=O)CCN(CC)c1ccc(/N=N/c2ccc([N+](=O)[O-])cc2Cl)cc1. The Morgan fingerprint density at radius 3 is 2.57 bits per heavy atom. The minimum absolute atomic E-state index is 0.107. The van der Waals surface area contributed by atoms with Crippen LogP contribution in [0.5, 0.6) is 0 Å². The highest BCUT2D eigenvalue weighted by atomic mass is 35.5. The van der Waals surface area contributed by atoms with Gasteiger partial charge in [-0.3, -0.25) is 14.9 Å². The van der Waals surface area contributed by atoms with Crippen LogP contribution in [0.15, 0.2) is 65.5 Å². The molecule has 9 heteroatoms. The molecule has 2 aromatic rings. The summed E-state index contributed by atoms with van der Waals surface area (Å²) in [5, 5.41) is 19.0. The predicted octanol–water partition coefficient (Wildman–Crippen LogP) is 5.57. The number of hydrogen-bond acceptors (Lipinski definition) is 7. The average molecular weight is 403 g/mol. The van der Waals surface area contributed by atoms with Gasteiger partial charge in [-0.15, -0.1) is 5.11 Å². The lowest BCUT2D eigenvalue weighted by Crippen LogP contribution is -2.25. The molecular weight excluding hydrogens is 384 g/mol. The number of anilines is 1. The van der Waals surface area contributed by atoms with E-state index in [1.165, 1.54) is 18.2 Å². The second-order valence-corrected chi connectivity index (χ2v) is 6.00. The number of carbonyl (C=O) groups excluding carboxylic acids is 1. The lowest BCUT2D eigenvalue weighted by atomic mass is 10.2. The van der Waals surface area contributed by atoms with Crippen molar-refractivity contribution in [3.63, 3.8) is 0 Å². The molecule has 0 amide bonds. The maximum absolute atomic E-state index is 11.5. The Balaban J connectivity index is 2.05. The summed E-state index contributed by atoms with van der Waals surface area (Å²) in [7, 11) is 0. The fraction of sp³-hybridized carbons (Fsp3) is 0.211. The average Bonchev–Trinajstić information content (AvgIpc) is 2.68. The zero-order valence-corrected chi connectivity index (χ0v) is 16.0. The number of carbonyl (C=O) groups is 1. The highest BCUT2D eigenvalue weighted by Crippen LogP contribution is 2.30. The molecule has 8 nitrogen and oxygen atoms in total. The summed E-state index contributed by atoms with van der Waals surface area (Å²) in [4.78, 5) is 23.7. The van der Waals surface area contributed by atoms with Crippen molar-refractivity contribution in [2.75, 3.05) is 18.0 Å². The van der Waals surface area contributed by atoms with Gasteiger partial charge in [-0.2, -0.15) is 5.11 Å². The van der Waals surface area contributed by atoms with Crippen LogP contribution in [0.1, 0.15) is 13.3 Å². The standard InChI is InChI=1S/C19H19ClN4O4/c1-3-23(12-11-19(25)28-4-2)15-7-5-14(6-8-15)21-22-18-10-9-16(24(26)27)13-17(18)20/h4-10,13H,2-3,11-12H2,1H3/b22-21+. The number of benzene rings is 2. The summed E-state index contributed by atoms with van der Waals surface area (Å²) in [6.07, 6.45) is 1.37. The Hall–Kier alpha value is -3.26. The summed E-state index contributed by atoms with van der Waals surface area (Å²) >= 11 is 6.00. The van der Waals surface area contributed by atoms with E-state index >= 15 is 0 Å². The Labute approximate surface area is 167 Å².